The monoisotopic (exact) mass is 795 g/mol. The molecule has 0 radical (unpaired) electrons. The SMILES string of the molecule is Cc1cc(C(=O)N2CCC(CN3CCC(n4ccc5c(N6CCC(=O)NC6=O)cccc54)CC3)CC2)ccc1[C@H]1CCCN(c2cc(-c3ccccc3O)nnc2N)C1. The number of phenols is 1. The number of nitrogens with zero attached hydrogens (tertiary/aromatic N) is 7. The summed E-state index contributed by atoms with van der Waals surface area (Å²) in [5.74, 6) is 1.29. The van der Waals surface area contributed by atoms with Gasteiger partial charge in [0.1, 0.15) is 5.75 Å². The second kappa shape index (κ2) is 16.4. The number of carbonyl (C=O) groups excluding carboxylic acids is 3. The second-order valence-corrected chi connectivity index (χ2v) is 16.8. The van der Waals surface area contributed by atoms with Gasteiger partial charge >= 0.3 is 6.03 Å². The van der Waals surface area contributed by atoms with E-state index in [-0.39, 0.29) is 29.5 Å². The number of urea groups is 1. The number of rotatable bonds is 8. The minimum atomic E-state index is -0.355. The van der Waals surface area contributed by atoms with Crippen molar-refractivity contribution in [1.82, 2.24) is 29.9 Å². The van der Waals surface area contributed by atoms with Gasteiger partial charge in [0.15, 0.2) is 5.82 Å². The van der Waals surface area contributed by atoms with E-state index in [1.165, 1.54) is 5.56 Å². The summed E-state index contributed by atoms with van der Waals surface area (Å²) in [4.78, 5) is 46.7. The number of fused-ring (bicyclic) bond motifs is 1. The van der Waals surface area contributed by atoms with Crippen LogP contribution in [-0.2, 0) is 4.79 Å². The van der Waals surface area contributed by atoms with Crippen molar-refractivity contribution in [3.63, 3.8) is 0 Å². The van der Waals surface area contributed by atoms with E-state index < -0.39 is 0 Å². The number of nitrogens with one attached hydrogen (secondary N) is 1. The lowest BCUT2D eigenvalue weighted by atomic mass is 9.86. The maximum Gasteiger partial charge on any atom is 0.328 e. The van der Waals surface area contributed by atoms with E-state index in [0.29, 0.717) is 42.0 Å². The number of piperidine rings is 3. The number of hydrogen-bond donors (Lipinski definition) is 3. The molecule has 4 amide bonds. The lowest BCUT2D eigenvalue weighted by Crippen LogP contribution is -2.49. The summed E-state index contributed by atoms with van der Waals surface area (Å²) in [5, 5.41) is 22.4. The van der Waals surface area contributed by atoms with Crippen molar-refractivity contribution in [3.8, 4) is 17.0 Å². The zero-order valence-corrected chi connectivity index (χ0v) is 33.7. The van der Waals surface area contributed by atoms with E-state index in [4.69, 9.17) is 5.73 Å². The fourth-order valence-electron chi connectivity index (χ4n) is 9.95. The molecule has 6 heterocycles. The van der Waals surface area contributed by atoms with Gasteiger partial charge in [-0.2, -0.15) is 0 Å². The number of amides is 4. The first kappa shape index (κ1) is 38.6. The average molecular weight is 796 g/mol. The largest absolute Gasteiger partial charge is 0.507 e. The molecule has 1 atom stereocenters. The molecule has 4 aliphatic heterocycles. The topological polar surface area (TPSA) is 153 Å². The molecule has 0 unspecified atom stereocenters. The Labute approximate surface area is 344 Å². The number of nitrogen functional groups attached to an aromatic ring is 1. The predicted molar refractivity (Wildman–Crippen MR) is 230 cm³/mol. The van der Waals surface area contributed by atoms with Gasteiger partial charge in [0.05, 0.1) is 22.6 Å². The number of phenolic OH excluding ortho intramolecular Hbond substituents is 1. The summed E-state index contributed by atoms with van der Waals surface area (Å²) in [5.41, 5.74) is 13.5. The number of hydrogen-bond acceptors (Lipinski definition) is 9. The van der Waals surface area contributed by atoms with Crippen LogP contribution in [-0.4, -0.2) is 99.9 Å². The molecule has 5 aromatic rings. The summed E-state index contributed by atoms with van der Waals surface area (Å²) in [6.07, 6.45) is 8.67. The van der Waals surface area contributed by atoms with Crippen LogP contribution in [0.2, 0.25) is 0 Å². The van der Waals surface area contributed by atoms with E-state index >= 15 is 0 Å². The lowest BCUT2D eigenvalue weighted by molar-refractivity contribution is -0.120. The molecule has 3 aromatic carbocycles. The number of anilines is 3. The van der Waals surface area contributed by atoms with Gasteiger partial charge in [-0.15, -0.1) is 10.2 Å². The minimum absolute atomic E-state index is 0.119. The van der Waals surface area contributed by atoms with E-state index in [1.807, 2.05) is 41.3 Å². The highest BCUT2D eigenvalue weighted by atomic mass is 16.3. The zero-order valence-electron chi connectivity index (χ0n) is 33.7. The van der Waals surface area contributed by atoms with Crippen molar-refractivity contribution in [2.24, 2.45) is 5.92 Å². The molecule has 4 N–H and O–H groups in total. The molecule has 13 nitrogen and oxygen atoms in total. The maximum absolute atomic E-state index is 13.8. The molecule has 4 aliphatic rings. The third kappa shape index (κ3) is 7.83. The molecule has 2 aromatic heterocycles. The number of aryl methyl sites for hydroxylation is 1. The van der Waals surface area contributed by atoms with Gasteiger partial charge in [-0.3, -0.25) is 19.8 Å². The molecule has 0 bridgehead atoms. The van der Waals surface area contributed by atoms with Crippen LogP contribution < -0.4 is 20.9 Å². The van der Waals surface area contributed by atoms with Crippen molar-refractivity contribution in [3.05, 3.63) is 95.7 Å². The number of carbonyl (C=O) groups is 3. The van der Waals surface area contributed by atoms with Crippen LogP contribution in [0.3, 0.4) is 0 Å². The van der Waals surface area contributed by atoms with E-state index in [1.54, 1.807) is 17.0 Å². The Kier molecular flexibility index (Phi) is 10.7. The van der Waals surface area contributed by atoms with Crippen molar-refractivity contribution < 1.29 is 19.5 Å². The van der Waals surface area contributed by atoms with Gasteiger partial charge < -0.3 is 30.1 Å². The Morgan fingerprint density at radius 2 is 1.68 bits per heavy atom. The summed E-state index contributed by atoms with van der Waals surface area (Å²) in [6, 6.07) is 23.5. The Morgan fingerprint density at radius 1 is 0.864 bits per heavy atom. The fourth-order valence-corrected chi connectivity index (χ4v) is 9.95. The van der Waals surface area contributed by atoms with Gasteiger partial charge in [-0.25, -0.2) is 4.79 Å². The standard InChI is InChI=1S/C46H53N9O4/c1-30-26-32(11-12-35(30)33-6-5-19-53(29-33)41-27-38(49-50-44(41)47)36-7-2-3-10-42(36)56)45(58)52-22-13-31(14-23-52)28-51-20-15-34(16-21-51)54-24-17-37-39(54)8-4-9-40(37)55-25-18-43(57)48-46(55)59/h2-4,7-12,17,24,26-27,31,33-34,56H,5-6,13-16,18-23,25,28-29H2,1H3,(H2,47,50)(H,48,57,59)/t33-/m0/s1. The summed E-state index contributed by atoms with van der Waals surface area (Å²) in [6.45, 7) is 8.86. The molecule has 306 valence electrons. The first-order valence-electron chi connectivity index (χ1n) is 21.2. The van der Waals surface area contributed by atoms with Gasteiger partial charge in [0.2, 0.25) is 5.91 Å². The van der Waals surface area contributed by atoms with Gasteiger partial charge in [0, 0.05) is 93.4 Å². The minimum Gasteiger partial charge on any atom is -0.507 e. The molecule has 0 aliphatic carbocycles. The van der Waals surface area contributed by atoms with Gasteiger partial charge in [-0.05, 0) is 111 Å². The molecule has 0 saturated carbocycles. The van der Waals surface area contributed by atoms with E-state index in [0.717, 1.165) is 118 Å². The Bertz CT molecular complexity index is 2380. The number of benzene rings is 3. The van der Waals surface area contributed by atoms with Crippen LogP contribution in [0.1, 0.15) is 78.4 Å². The smallest absolute Gasteiger partial charge is 0.328 e. The molecular formula is C46H53N9O4. The second-order valence-electron chi connectivity index (χ2n) is 16.8. The van der Waals surface area contributed by atoms with Crippen LogP contribution in [0.4, 0.5) is 22.0 Å². The molecule has 4 fully saturated rings. The highest BCUT2D eigenvalue weighted by Gasteiger charge is 2.31. The number of aromatic nitrogens is 3. The highest BCUT2D eigenvalue weighted by Crippen LogP contribution is 2.37. The first-order chi connectivity index (χ1) is 28.7. The van der Waals surface area contributed by atoms with E-state index in [2.05, 4.69) is 67.3 Å². The molecular weight excluding hydrogens is 743 g/mol. The number of imide groups is 1. The van der Waals surface area contributed by atoms with Gasteiger partial charge in [-0.1, -0.05) is 24.3 Å². The summed E-state index contributed by atoms with van der Waals surface area (Å²) in [7, 11) is 0. The fraction of sp³-hybridized carbons (Fsp3) is 0.413. The van der Waals surface area contributed by atoms with Crippen LogP contribution in [0.25, 0.3) is 22.2 Å². The summed E-state index contributed by atoms with van der Waals surface area (Å²) >= 11 is 0. The van der Waals surface area contributed by atoms with Crippen LogP contribution in [0, 0.1) is 12.8 Å². The molecule has 0 spiro atoms. The van der Waals surface area contributed by atoms with Crippen LogP contribution >= 0.6 is 0 Å². The van der Waals surface area contributed by atoms with E-state index in [9.17, 15) is 19.5 Å². The maximum atomic E-state index is 13.8. The Hall–Kier alpha value is -5.95. The molecule has 9 rings (SSSR count). The average Bonchev–Trinajstić information content (AvgIpc) is 3.69. The molecule has 4 saturated heterocycles. The number of para-hydroxylation sites is 1. The van der Waals surface area contributed by atoms with Crippen molar-refractivity contribution in [2.45, 2.75) is 63.8 Å². The third-order valence-electron chi connectivity index (χ3n) is 13.2. The zero-order chi connectivity index (χ0) is 40.6. The predicted octanol–water partition coefficient (Wildman–Crippen LogP) is 6.71. The van der Waals surface area contributed by atoms with Crippen molar-refractivity contribution >= 4 is 45.9 Å². The first-order valence-corrected chi connectivity index (χ1v) is 21.2. The number of likely N-dealkylation sites (tertiary alicyclic amines) is 2. The van der Waals surface area contributed by atoms with Gasteiger partial charge in [0.25, 0.3) is 5.91 Å². The number of aromatic hydroxyl groups is 1. The highest BCUT2D eigenvalue weighted by molar-refractivity contribution is 6.09. The van der Waals surface area contributed by atoms with Crippen LogP contribution in [0.15, 0.2) is 79.0 Å². The Morgan fingerprint density at radius 3 is 2.46 bits per heavy atom. The normalized spacial score (nSPS) is 20.0. The lowest BCUT2D eigenvalue weighted by Gasteiger charge is -2.38. The third-order valence-corrected chi connectivity index (χ3v) is 13.2. The molecule has 13 heteroatoms. The summed E-state index contributed by atoms with van der Waals surface area (Å²) < 4.78 is 2.37. The quantitative estimate of drug-likeness (QED) is 0.156. The molecule has 59 heavy (non-hydrogen) atoms. The van der Waals surface area contributed by atoms with Crippen molar-refractivity contribution in [2.75, 3.05) is 67.9 Å². The number of nitrogens with two attached hydrogens (primary N) is 1. The van der Waals surface area contributed by atoms with Crippen LogP contribution in [0.5, 0.6) is 5.75 Å². The van der Waals surface area contributed by atoms with Crippen molar-refractivity contribution in [1.29, 1.82) is 0 Å². The Balaban J connectivity index is 0.769.